The predicted molar refractivity (Wildman–Crippen MR) is 105 cm³/mol. The van der Waals surface area contributed by atoms with Crippen LogP contribution in [0.25, 0.3) is 10.9 Å². The molecule has 1 unspecified atom stereocenters. The number of hydrogen-bond donors (Lipinski definition) is 0. The van der Waals surface area contributed by atoms with Gasteiger partial charge in [0.2, 0.25) is 0 Å². The summed E-state index contributed by atoms with van der Waals surface area (Å²) in [4.78, 5) is 19.5. The molecule has 1 heterocycles. The number of rotatable bonds is 5. The minimum absolute atomic E-state index is 0.102. The van der Waals surface area contributed by atoms with Crippen molar-refractivity contribution in [2.24, 2.45) is 0 Å². The fourth-order valence-electron chi connectivity index (χ4n) is 3.34. The van der Waals surface area contributed by atoms with Gasteiger partial charge in [-0.25, -0.2) is 4.39 Å². The number of fused-ring (bicyclic) bond motifs is 1. The van der Waals surface area contributed by atoms with E-state index in [9.17, 15) is 9.18 Å². The maximum Gasteiger partial charge on any atom is 0.255 e. The Morgan fingerprint density at radius 3 is 2.70 bits per heavy atom. The van der Waals surface area contributed by atoms with Crippen LogP contribution in [0.1, 0.15) is 41.5 Å². The highest BCUT2D eigenvalue weighted by molar-refractivity contribution is 6.06. The number of hydrogen-bond acceptors (Lipinski definition) is 3. The van der Waals surface area contributed by atoms with Gasteiger partial charge >= 0.3 is 0 Å². The number of halogens is 1. The third-order valence-corrected chi connectivity index (χ3v) is 4.78. The van der Waals surface area contributed by atoms with Crippen molar-refractivity contribution in [2.75, 3.05) is 13.7 Å². The van der Waals surface area contributed by atoms with Crippen LogP contribution < -0.4 is 4.74 Å². The maximum absolute atomic E-state index is 13.6. The van der Waals surface area contributed by atoms with E-state index in [1.807, 2.05) is 45.0 Å². The molecular weight excluding hydrogens is 343 g/mol. The Bertz CT molecular complexity index is 982. The third kappa shape index (κ3) is 3.77. The summed E-state index contributed by atoms with van der Waals surface area (Å²) in [6.07, 6.45) is 0. The second-order valence-corrected chi connectivity index (χ2v) is 6.52. The summed E-state index contributed by atoms with van der Waals surface area (Å²) in [7, 11) is 1.62. The lowest BCUT2D eigenvalue weighted by Crippen LogP contribution is -2.33. The molecule has 140 valence electrons. The minimum Gasteiger partial charge on any atom is -0.497 e. The summed E-state index contributed by atoms with van der Waals surface area (Å²) < 4.78 is 18.9. The lowest BCUT2D eigenvalue weighted by Gasteiger charge is -2.29. The molecule has 1 aromatic heterocycles. The Morgan fingerprint density at radius 1 is 1.22 bits per heavy atom. The number of nitrogens with zero attached hydrogens (tertiary/aromatic N) is 2. The van der Waals surface area contributed by atoms with Gasteiger partial charge in [0.15, 0.2) is 0 Å². The second kappa shape index (κ2) is 7.74. The summed E-state index contributed by atoms with van der Waals surface area (Å²) in [5.41, 5.74) is 2.70. The molecule has 0 fully saturated rings. The van der Waals surface area contributed by atoms with Crippen LogP contribution in [0.15, 0.2) is 48.5 Å². The number of carbonyl (C=O) groups excluding carboxylic acids is 1. The average Bonchev–Trinajstić information content (AvgIpc) is 2.67. The molecule has 0 aliphatic carbocycles. The molecule has 0 aliphatic heterocycles. The lowest BCUT2D eigenvalue weighted by atomic mass is 10.0. The van der Waals surface area contributed by atoms with Crippen LogP contribution in [0.5, 0.6) is 5.75 Å². The number of amides is 1. The van der Waals surface area contributed by atoms with E-state index in [1.54, 1.807) is 24.1 Å². The molecule has 1 amide bonds. The Balaban J connectivity index is 2.03. The molecule has 0 saturated carbocycles. The first-order chi connectivity index (χ1) is 12.9. The molecule has 3 aromatic rings. The molecule has 0 saturated heterocycles. The van der Waals surface area contributed by atoms with Crippen LogP contribution in [-0.4, -0.2) is 29.4 Å². The van der Waals surface area contributed by atoms with E-state index in [2.05, 4.69) is 4.98 Å². The zero-order valence-corrected chi connectivity index (χ0v) is 16.0. The van der Waals surface area contributed by atoms with Gasteiger partial charge in [0.25, 0.3) is 5.91 Å². The van der Waals surface area contributed by atoms with E-state index < -0.39 is 0 Å². The van der Waals surface area contributed by atoms with Crippen LogP contribution in [0.2, 0.25) is 0 Å². The van der Waals surface area contributed by atoms with Gasteiger partial charge in [-0.1, -0.05) is 12.1 Å². The SMILES string of the molecule is CCN(C(=O)c1cc(C)nc2cc(F)ccc12)C(C)c1cccc(OC)c1. The molecule has 2 aromatic carbocycles. The summed E-state index contributed by atoms with van der Waals surface area (Å²) in [5, 5.41) is 0.656. The number of pyridine rings is 1. The van der Waals surface area contributed by atoms with Crippen LogP contribution in [0.3, 0.4) is 0 Å². The predicted octanol–water partition coefficient (Wildman–Crippen LogP) is 4.91. The normalized spacial score (nSPS) is 12.0. The first kappa shape index (κ1) is 18.8. The fraction of sp³-hybridized carbons (Fsp3) is 0.273. The zero-order valence-electron chi connectivity index (χ0n) is 16.0. The molecule has 4 nitrogen and oxygen atoms in total. The largest absolute Gasteiger partial charge is 0.497 e. The molecule has 0 N–H and O–H groups in total. The highest BCUT2D eigenvalue weighted by atomic mass is 19.1. The van der Waals surface area contributed by atoms with Crippen molar-refractivity contribution in [1.29, 1.82) is 0 Å². The lowest BCUT2D eigenvalue weighted by molar-refractivity contribution is 0.0704. The molecule has 3 rings (SSSR count). The van der Waals surface area contributed by atoms with Gasteiger partial charge in [0.05, 0.1) is 24.2 Å². The molecule has 0 radical (unpaired) electrons. The highest BCUT2D eigenvalue weighted by Gasteiger charge is 2.24. The summed E-state index contributed by atoms with van der Waals surface area (Å²) in [6, 6.07) is 13.7. The Kier molecular flexibility index (Phi) is 5.40. The van der Waals surface area contributed by atoms with Crippen LogP contribution in [0, 0.1) is 12.7 Å². The van der Waals surface area contributed by atoms with Crippen LogP contribution in [-0.2, 0) is 0 Å². The highest BCUT2D eigenvalue weighted by Crippen LogP contribution is 2.28. The van der Waals surface area contributed by atoms with E-state index in [4.69, 9.17) is 4.74 Å². The molecule has 0 bridgehead atoms. The van der Waals surface area contributed by atoms with Gasteiger partial charge < -0.3 is 9.64 Å². The summed E-state index contributed by atoms with van der Waals surface area (Å²) >= 11 is 0. The number of carbonyl (C=O) groups is 1. The second-order valence-electron chi connectivity index (χ2n) is 6.52. The van der Waals surface area contributed by atoms with Crippen molar-refractivity contribution < 1.29 is 13.9 Å². The van der Waals surface area contributed by atoms with Gasteiger partial charge in [-0.2, -0.15) is 0 Å². The quantitative estimate of drug-likeness (QED) is 0.644. The van der Waals surface area contributed by atoms with E-state index in [0.29, 0.717) is 28.7 Å². The van der Waals surface area contributed by atoms with Crippen molar-refractivity contribution in [2.45, 2.75) is 26.8 Å². The smallest absolute Gasteiger partial charge is 0.255 e. The van der Waals surface area contributed by atoms with E-state index in [0.717, 1.165) is 11.3 Å². The molecule has 27 heavy (non-hydrogen) atoms. The Hall–Kier alpha value is -2.95. The first-order valence-corrected chi connectivity index (χ1v) is 8.96. The van der Waals surface area contributed by atoms with E-state index >= 15 is 0 Å². The van der Waals surface area contributed by atoms with Crippen molar-refractivity contribution in [3.8, 4) is 5.75 Å². The summed E-state index contributed by atoms with van der Waals surface area (Å²) in [5.74, 6) is 0.287. The van der Waals surface area contributed by atoms with E-state index in [-0.39, 0.29) is 17.8 Å². The molecule has 1 atom stereocenters. The average molecular weight is 366 g/mol. The van der Waals surface area contributed by atoms with Gasteiger partial charge in [0.1, 0.15) is 11.6 Å². The minimum atomic E-state index is -0.365. The van der Waals surface area contributed by atoms with Crippen molar-refractivity contribution in [3.63, 3.8) is 0 Å². The van der Waals surface area contributed by atoms with Crippen molar-refractivity contribution in [1.82, 2.24) is 9.88 Å². The topological polar surface area (TPSA) is 42.4 Å². The molecule has 0 spiro atoms. The summed E-state index contributed by atoms with van der Waals surface area (Å²) in [6.45, 7) is 6.29. The number of aromatic nitrogens is 1. The maximum atomic E-state index is 13.6. The van der Waals surface area contributed by atoms with Crippen molar-refractivity contribution >= 4 is 16.8 Å². The zero-order chi connectivity index (χ0) is 19.6. The van der Waals surface area contributed by atoms with Gasteiger partial charge in [-0.05, 0) is 56.7 Å². The monoisotopic (exact) mass is 366 g/mol. The number of benzene rings is 2. The Labute approximate surface area is 158 Å². The molecule has 5 heteroatoms. The standard InChI is InChI=1S/C22H23FN2O2/c1-5-25(15(3)16-7-6-8-18(12-16)27-4)22(26)20-11-14(2)24-21-13-17(23)9-10-19(20)21/h6-13,15H,5H2,1-4H3. The van der Waals surface area contributed by atoms with Gasteiger partial charge in [0, 0.05) is 23.7 Å². The van der Waals surface area contributed by atoms with Crippen molar-refractivity contribution in [3.05, 3.63) is 71.2 Å². The number of aryl methyl sites for hydroxylation is 1. The number of methoxy groups -OCH3 is 1. The molecular formula is C22H23FN2O2. The van der Waals surface area contributed by atoms with Gasteiger partial charge in [-0.3, -0.25) is 9.78 Å². The molecule has 0 aliphatic rings. The first-order valence-electron chi connectivity index (χ1n) is 8.96. The third-order valence-electron chi connectivity index (χ3n) is 4.78. The van der Waals surface area contributed by atoms with Crippen LogP contribution >= 0.6 is 0 Å². The fourth-order valence-corrected chi connectivity index (χ4v) is 3.34. The van der Waals surface area contributed by atoms with E-state index in [1.165, 1.54) is 12.1 Å². The number of ether oxygens (including phenoxy) is 1. The Morgan fingerprint density at radius 2 is 2.00 bits per heavy atom. The van der Waals surface area contributed by atoms with Crippen LogP contribution in [0.4, 0.5) is 4.39 Å². The van der Waals surface area contributed by atoms with Gasteiger partial charge in [-0.15, -0.1) is 0 Å².